The third kappa shape index (κ3) is 5.11. The maximum atomic E-state index is 13.5. The van der Waals surface area contributed by atoms with Crippen molar-refractivity contribution < 1.29 is 18.7 Å². The lowest BCUT2D eigenvalue weighted by atomic mass is 9.68. The summed E-state index contributed by atoms with van der Waals surface area (Å²) in [4.78, 5) is 15.3. The summed E-state index contributed by atoms with van der Waals surface area (Å²) in [5.41, 5.74) is 9.53. The summed E-state index contributed by atoms with van der Waals surface area (Å²) in [6.07, 6.45) is 1.03. The number of carbonyl (C=O) groups is 1. The number of nitrogens with two attached hydrogens (primary N) is 1. The van der Waals surface area contributed by atoms with E-state index in [4.69, 9.17) is 26.8 Å². The van der Waals surface area contributed by atoms with Crippen molar-refractivity contribution in [2.75, 3.05) is 20.3 Å². The monoisotopic (exact) mass is 509 g/mol. The summed E-state index contributed by atoms with van der Waals surface area (Å²) in [5.74, 6) is -0.151. The molecule has 0 saturated carbocycles. The Morgan fingerprint density at radius 2 is 1.94 bits per heavy atom. The number of Topliss-reactive ketones (excluding diaryl/α,β-unsaturated/α-hetero) is 1. The van der Waals surface area contributed by atoms with E-state index in [1.807, 2.05) is 11.0 Å². The van der Waals surface area contributed by atoms with Gasteiger partial charge in [0.15, 0.2) is 5.78 Å². The fourth-order valence-electron chi connectivity index (χ4n) is 4.90. The number of ketones is 1. The molecule has 1 atom stereocenters. The van der Waals surface area contributed by atoms with E-state index in [2.05, 4.69) is 19.9 Å². The third-order valence-corrected chi connectivity index (χ3v) is 6.90. The molecule has 6 nitrogen and oxygen atoms in total. The van der Waals surface area contributed by atoms with Crippen molar-refractivity contribution in [3.8, 4) is 11.8 Å². The van der Waals surface area contributed by atoms with E-state index in [1.165, 1.54) is 12.1 Å². The molecule has 2 aromatic carbocycles. The molecule has 0 saturated heterocycles. The molecule has 0 spiro atoms. The standard InChI is InChI=1S/C28H29ClFN3O3/c1-28(2)13-22-26(23(34)14-28)25(20(15-31)27(32)33(22)10-11-35-3)18-6-9-24(21(29)12-18)36-16-17-4-7-19(30)8-5-17/h4-9,12,25H,10-11,13-14,16,32H2,1-3H3/t25-/m0/s1. The van der Waals surface area contributed by atoms with Gasteiger partial charge in [-0.3, -0.25) is 4.79 Å². The van der Waals surface area contributed by atoms with Crippen LogP contribution in [0.5, 0.6) is 5.75 Å². The molecule has 0 aromatic heterocycles. The molecule has 0 radical (unpaired) electrons. The zero-order valence-electron chi connectivity index (χ0n) is 20.6. The molecule has 4 rings (SSSR count). The topological polar surface area (TPSA) is 88.6 Å². The number of nitriles is 1. The number of carbonyl (C=O) groups excluding carboxylic acids is 1. The number of hydrogen-bond donors (Lipinski definition) is 1. The number of methoxy groups -OCH3 is 1. The zero-order chi connectivity index (χ0) is 26.0. The highest BCUT2D eigenvalue weighted by molar-refractivity contribution is 6.32. The van der Waals surface area contributed by atoms with E-state index in [1.54, 1.807) is 31.4 Å². The number of hydrogen-bond acceptors (Lipinski definition) is 6. The van der Waals surface area contributed by atoms with Gasteiger partial charge in [-0.1, -0.05) is 43.6 Å². The van der Waals surface area contributed by atoms with Crippen LogP contribution in [-0.4, -0.2) is 30.9 Å². The minimum Gasteiger partial charge on any atom is -0.487 e. The molecule has 8 heteroatoms. The molecular weight excluding hydrogens is 481 g/mol. The molecular formula is C28H29ClFN3O3. The lowest BCUT2D eigenvalue weighted by Gasteiger charge is -2.43. The summed E-state index contributed by atoms with van der Waals surface area (Å²) in [5, 5.41) is 10.5. The van der Waals surface area contributed by atoms with Crippen LogP contribution >= 0.6 is 11.6 Å². The van der Waals surface area contributed by atoms with Crippen molar-refractivity contribution in [3.05, 3.63) is 87.1 Å². The normalized spacial score (nSPS) is 19.3. The van der Waals surface area contributed by atoms with Gasteiger partial charge in [-0.25, -0.2) is 4.39 Å². The lowest BCUT2D eigenvalue weighted by molar-refractivity contribution is -0.118. The second-order valence-corrected chi connectivity index (χ2v) is 10.3. The van der Waals surface area contributed by atoms with Gasteiger partial charge in [0, 0.05) is 31.3 Å². The molecule has 0 amide bonds. The molecule has 0 bridgehead atoms. The maximum absolute atomic E-state index is 13.5. The van der Waals surface area contributed by atoms with E-state index in [9.17, 15) is 14.4 Å². The quantitative estimate of drug-likeness (QED) is 0.534. The Kier molecular flexibility index (Phi) is 7.39. The molecule has 0 fully saturated rings. The Morgan fingerprint density at radius 3 is 2.58 bits per heavy atom. The van der Waals surface area contributed by atoms with Crippen LogP contribution in [0.3, 0.4) is 0 Å². The predicted octanol–water partition coefficient (Wildman–Crippen LogP) is 5.44. The Hall–Kier alpha value is -3.34. The summed E-state index contributed by atoms with van der Waals surface area (Å²) in [6, 6.07) is 13.5. The van der Waals surface area contributed by atoms with E-state index >= 15 is 0 Å². The lowest BCUT2D eigenvalue weighted by Crippen LogP contribution is -2.43. The molecule has 188 valence electrons. The van der Waals surface area contributed by atoms with Crippen LogP contribution in [0.2, 0.25) is 5.02 Å². The van der Waals surface area contributed by atoms with Crippen LogP contribution in [-0.2, 0) is 16.1 Å². The van der Waals surface area contributed by atoms with E-state index in [0.717, 1.165) is 11.3 Å². The number of nitrogens with zero attached hydrogens (tertiary/aromatic N) is 2. The predicted molar refractivity (Wildman–Crippen MR) is 135 cm³/mol. The highest BCUT2D eigenvalue weighted by atomic mass is 35.5. The second-order valence-electron chi connectivity index (χ2n) is 9.89. The number of benzene rings is 2. The minimum atomic E-state index is -0.615. The molecule has 2 aromatic rings. The summed E-state index contributed by atoms with van der Waals surface area (Å²) in [6.45, 7) is 5.18. The van der Waals surface area contributed by atoms with Crippen molar-refractivity contribution in [1.29, 1.82) is 5.26 Å². The fraction of sp³-hybridized carbons (Fsp3) is 0.357. The molecule has 2 N–H and O–H groups in total. The summed E-state index contributed by atoms with van der Waals surface area (Å²) in [7, 11) is 1.60. The Morgan fingerprint density at radius 1 is 1.22 bits per heavy atom. The van der Waals surface area contributed by atoms with Crippen molar-refractivity contribution in [2.24, 2.45) is 11.1 Å². The second kappa shape index (κ2) is 10.3. The van der Waals surface area contributed by atoms with Crippen molar-refractivity contribution >= 4 is 17.4 Å². The number of halogens is 2. The van der Waals surface area contributed by atoms with Crippen LogP contribution in [0.15, 0.2) is 65.1 Å². The highest BCUT2D eigenvalue weighted by Crippen LogP contribution is 2.49. The number of allylic oxidation sites excluding steroid dienone is 3. The van der Waals surface area contributed by atoms with Gasteiger partial charge >= 0.3 is 0 Å². The Balaban J connectivity index is 1.71. The molecule has 36 heavy (non-hydrogen) atoms. The molecule has 1 heterocycles. The van der Waals surface area contributed by atoms with Gasteiger partial charge in [0.25, 0.3) is 0 Å². The molecule has 2 aliphatic rings. The molecule has 1 aliphatic heterocycles. The van der Waals surface area contributed by atoms with E-state index in [0.29, 0.717) is 59.3 Å². The smallest absolute Gasteiger partial charge is 0.162 e. The maximum Gasteiger partial charge on any atom is 0.162 e. The van der Waals surface area contributed by atoms with Gasteiger partial charge in [-0.05, 0) is 47.2 Å². The van der Waals surface area contributed by atoms with Crippen LogP contribution < -0.4 is 10.5 Å². The van der Waals surface area contributed by atoms with Crippen LogP contribution in [0, 0.1) is 22.6 Å². The first-order chi connectivity index (χ1) is 17.1. The Bertz CT molecular complexity index is 1280. The number of rotatable bonds is 7. The largest absolute Gasteiger partial charge is 0.487 e. The van der Waals surface area contributed by atoms with Gasteiger partial charge < -0.3 is 20.1 Å². The third-order valence-electron chi connectivity index (χ3n) is 6.60. The zero-order valence-corrected chi connectivity index (χ0v) is 21.4. The fourth-order valence-corrected chi connectivity index (χ4v) is 5.15. The average molecular weight is 510 g/mol. The van der Waals surface area contributed by atoms with Crippen molar-refractivity contribution in [2.45, 2.75) is 39.2 Å². The molecule has 0 unspecified atom stereocenters. The van der Waals surface area contributed by atoms with Gasteiger partial charge in [-0.15, -0.1) is 0 Å². The number of ether oxygens (including phenoxy) is 2. The Labute approximate surface area is 215 Å². The first kappa shape index (κ1) is 25.7. The van der Waals surface area contributed by atoms with Crippen molar-refractivity contribution in [3.63, 3.8) is 0 Å². The molecule has 1 aliphatic carbocycles. The highest BCUT2D eigenvalue weighted by Gasteiger charge is 2.44. The summed E-state index contributed by atoms with van der Waals surface area (Å²) < 4.78 is 24.3. The van der Waals surface area contributed by atoms with Crippen molar-refractivity contribution in [1.82, 2.24) is 4.90 Å². The van der Waals surface area contributed by atoms with Crippen LogP contribution in [0.4, 0.5) is 4.39 Å². The minimum absolute atomic E-state index is 0.00155. The van der Waals surface area contributed by atoms with Gasteiger partial charge in [0.05, 0.1) is 29.2 Å². The first-order valence-electron chi connectivity index (χ1n) is 11.7. The SMILES string of the molecule is COCCN1C(N)=C(C#N)[C@H](c2ccc(OCc3ccc(F)cc3)c(Cl)c2)C2=C1CC(C)(C)CC2=O. The van der Waals surface area contributed by atoms with E-state index in [-0.39, 0.29) is 23.6 Å². The van der Waals surface area contributed by atoms with Gasteiger partial charge in [0.2, 0.25) is 0 Å². The van der Waals surface area contributed by atoms with Gasteiger partial charge in [0.1, 0.15) is 24.0 Å². The first-order valence-corrected chi connectivity index (χ1v) is 12.1. The van der Waals surface area contributed by atoms with Gasteiger partial charge in [-0.2, -0.15) is 5.26 Å². The van der Waals surface area contributed by atoms with E-state index < -0.39 is 5.92 Å². The summed E-state index contributed by atoms with van der Waals surface area (Å²) >= 11 is 6.58. The van der Waals surface area contributed by atoms with Crippen LogP contribution in [0.1, 0.15) is 43.7 Å². The average Bonchev–Trinajstić information content (AvgIpc) is 2.82. The van der Waals surface area contributed by atoms with Crippen LogP contribution in [0.25, 0.3) is 0 Å².